The van der Waals surface area contributed by atoms with Crippen LogP contribution in [0.15, 0.2) is 18.2 Å². The molecule has 21 heavy (non-hydrogen) atoms. The average molecular weight is 290 g/mol. The van der Waals surface area contributed by atoms with E-state index in [1.807, 2.05) is 6.07 Å². The maximum atomic E-state index is 13.7. The van der Waals surface area contributed by atoms with E-state index in [1.54, 1.807) is 12.1 Å². The lowest BCUT2D eigenvalue weighted by Crippen LogP contribution is -2.37. The Morgan fingerprint density at radius 2 is 1.90 bits per heavy atom. The van der Waals surface area contributed by atoms with Crippen LogP contribution in [-0.4, -0.2) is 18.6 Å². The SMILES string of the molecule is CCN(c1ccc(F)cc1CNC1CC1)C1CCCCC1. The number of nitrogens with zero attached hydrogens (tertiary/aromatic N) is 1. The summed E-state index contributed by atoms with van der Waals surface area (Å²) in [5.74, 6) is -0.119. The fraction of sp³-hybridized carbons (Fsp3) is 0.667. The van der Waals surface area contributed by atoms with Gasteiger partial charge in [0.2, 0.25) is 0 Å². The molecule has 2 aliphatic carbocycles. The summed E-state index contributed by atoms with van der Waals surface area (Å²) in [5, 5.41) is 3.53. The van der Waals surface area contributed by atoms with Crippen molar-refractivity contribution in [3.63, 3.8) is 0 Å². The third-order valence-electron chi connectivity index (χ3n) is 4.87. The molecule has 0 spiro atoms. The number of hydrogen-bond donors (Lipinski definition) is 1. The highest BCUT2D eigenvalue weighted by Crippen LogP contribution is 2.30. The number of rotatable bonds is 6. The Balaban J connectivity index is 1.79. The van der Waals surface area contributed by atoms with Crippen LogP contribution in [0, 0.1) is 5.82 Å². The zero-order chi connectivity index (χ0) is 14.7. The van der Waals surface area contributed by atoms with E-state index >= 15 is 0 Å². The van der Waals surface area contributed by atoms with Crippen LogP contribution < -0.4 is 10.2 Å². The van der Waals surface area contributed by atoms with Gasteiger partial charge in [0.05, 0.1) is 0 Å². The fourth-order valence-electron chi connectivity index (χ4n) is 3.54. The first kappa shape index (κ1) is 14.8. The molecule has 0 amide bonds. The van der Waals surface area contributed by atoms with Crippen molar-refractivity contribution in [1.29, 1.82) is 0 Å². The van der Waals surface area contributed by atoms with Crippen LogP contribution in [0.2, 0.25) is 0 Å². The molecule has 2 fully saturated rings. The minimum absolute atomic E-state index is 0.119. The first-order valence-electron chi connectivity index (χ1n) is 8.56. The molecule has 3 heteroatoms. The highest BCUT2D eigenvalue weighted by molar-refractivity contribution is 5.54. The Bertz CT molecular complexity index is 464. The predicted octanol–water partition coefficient (Wildman–Crippen LogP) is 4.24. The molecule has 0 atom stereocenters. The first-order valence-corrected chi connectivity index (χ1v) is 8.56. The van der Waals surface area contributed by atoms with Crippen molar-refractivity contribution in [2.75, 3.05) is 11.4 Å². The van der Waals surface area contributed by atoms with Crippen LogP contribution in [0.5, 0.6) is 0 Å². The standard InChI is InChI=1S/C18H27FN2/c1-2-21(17-6-4-3-5-7-17)18-11-8-15(19)12-14(18)13-20-16-9-10-16/h8,11-12,16-17,20H,2-7,9-10,13H2,1H3. The van der Waals surface area contributed by atoms with Crippen LogP contribution in [0.1, 0.15) is 57.4 Å². The van der Waals surface area contributed by atoms with Gasteiger partial charge in [0, 0.05) is 30.9 Å². The van der Waals surface area contributed by atoms with Gasteiger partial charge in [-0.2, -0.15) is 0 Å². The Labute approximate surface area is 127 Å². The fourth-order valence-corrected chi connectivity index (χ4v) is 3.54. The summed E-state index contributed by atoms with van der Waals surface area (Å²) in [4.78, 5) is 2.50. The average Bonchev–Trinajstić information content (AvgIpc) is 3.33. The quantitative estimate of drug-likeness (QED) is 0.843. The van der Waals surface area contributed by atoms with Crippen LogP contribution in [-0.2, 0) is 6.54 Å². The Morgan fingerprint density at radius 3 is 2.57 bits per heavy atom. The van der Waals surface area contributed by atoms with Gasteiger partial charge in [0.1, 0.15) is 5.82 Å². The third kappa shape index (κ3) is 3.76. The molecule has 0 heterocycles. The van der Waals surface area contributed by atoms with E-state index in [1.165, 1.54) is 50.6 Å². The zero-order valence-corrected chi connectivity index (χ0v) is 13.1. The van der Waals surface area contributed by atoms with Crippen molar-refractivity contribution < 1.29 is 4.39 Å². The predicted molar refractivity (Wildman–Crippen MR) is 86.2 cm³/mol. The Kier molecular flexibility index (Phi) is 4.79. The zero-order valence-electron chi connectivity index (χ0n) is 13.1. The smallest absolute Gasteiger partial charge is 0.123 e. The summed E-state index contributed by atoms with van der Waals surface area (Å²) in [6.45, 7) is 4.02. The molecule has 1 aromatic carbocycles. The van der Waals surface area contributed by atoms with Crippen molar-refractivity contribution in [2.45, 2.75) is 70.5 Å². The molecule has 116 valence electrons. The van der Waals surface area contributed by atoms with Crippen molar-refractivity contribution in [3.05, 3.63) is 29.6 Å². The summed E-state index contributed by atoms with van der Waals surface area (Å²) < 4.78 is 13.7. The number of benzene rings is 1. The molecule has 3 rings (SSSR count). The van der Waals surface area contributed by atoms with Gasteiger partial charge in [-0.1, -0.05) is 19.3 Å². The van der Waals surface area contributed by atoms with Crippen molar-refractivity contribution >= 4 is 5.69 Å². The molecule has 0 saturated heterocycles. The monoisotopic (exact) mass is 290 g/mol. The molecular formula is C18H27FN2. The van der Waals surface area contributed by atoms with Crippen molar-refractivity contribution in [1.82, 2.24) is 5.32 Å². The minimum Gasteiger partial charge on any atom is -0.369 e. The molecule has 1 aromatic rings. The molecule has 0 radical (unpaired) electrons. The second-order valence-corrected chi connectivity index (χ2v) is 6.51. The van der Waals surface area contributed by atoms with E-state index in [-0.39, 0.29) is 5.82 Å². The van der Waals surface area contributed by atoms with Crippen LogP contribution in [0.3, 0.4) is 0 Å². The molecule has 0 bridgehead atoms. The van der Waals surface area contributed by atoms with E-state index in [2.05, 4.69) is 17.1 Å². The van der Waals surface area contributed by atoms with Crippen molar-refractivity contribution in [2.24, 2.45) is 0 Å². The lowest BCUT2D eigenvalue weighted by atomic mass is 9.93. The summed E-state index contributed by atoms with van der Waals surface area (Å²) >= 11 is 0. The van der Waals surface area contributed by atoms with E-state index in [9.17, 15) is 4.39 Å². The number of nitrogens with one attached hydrogen (secondary N) is 1. The maximum absolute atomic E-state index is 13.7. The topological polar surface area (TPSA) is 15.3 Å². The van der Waals surface area contributed by atoms with Crippen LogP contribution in [0.25, 0.3) is 0 Å². The molecule has 2 nitrogen and oxygen atoms in total. The van der Waals surface area contributed by atoms with Gasteiger partial charge in [0.15, 0.2) is 0 Å². The number of hydrogen-bond acceptors (Lipinski definition) is 2. The van der Waals surface area contributed by atoms with Gasteiger partial charge in [-0.3, -0.25) is 0 Å². The number of halogens is 1. The van der Waals surface area contributed by atoms with Gasteiger partial charge in [-0.05, 0) is 56.4 Å². The molecule has 1 N–H and O–H groups in total. The van der Waals surface area contributed by atoms with E-state index < -0.39 is 0 Å². The Morgan fingerprint density at radius 1 is 1.14 bits per heavy atom. The molecule has 0 aliphatic heterocycles. The number of anilines is 1. The molecule has 0 aromatic heterocycles. The highest BCUT2D eigenvalue weighted by Gasteiger charge is 2.24. The molecular weight excluding hydrogens is 263 g/mol. The molecule has 0 unspecified atom stereocenters. The Hall–Kier alpha value is -1.09. The van der Waals surface area contributed by atoms with Gasteiger partial charge in [0.25, 0.3) is 0 Å². The lowest BCUT2D eigenvalue weighted by molar-refractivity contribution is 0.417. The van der Waals surface area contributed by atoms with Crippen LogP contribution >= 0.6 is 0 Å². The summed E-state index contributed by atoms with van der Waals surface area (Å²) in [5.41, 5.74) is 2.35. The van der Waals surface area contributed by atoms with Crippen LogP contribution in [0.4, 0.5) is 10.1 Å². The second kappa shape index (κ2) is 6.78. The largest absolute Gasteiger partial charge is 0.369 e. The normalized spacial score (nSPS) is 19.7. The summed E-state index contributed by atoms with van der Waals surface area (Å²) in [6, 6.07) is 6.61. The van der Waals surface area contributed by atoms with E-state index in [4.69, 9.17) is 0 Å². The maximum Gasteiger partial charge on any atom is 0.123 e. The summed E-state index contributed by atoms with van der Waals surface area (Å²) in [6.07, 6.45) is 9.13. The highest BCUT2D eigenvalue weighted by atomic mass is 19.1. The molecule has 2 aliphatic rings. The van der Waals surface area contributed by atoms with Gasteiger partial charge >= 0.3 is 0 Å². The summed E-state index contributed by atoms with van der Waals surface area (Å²) in [7, 11) is 0. The van der Waals surface area contributed by atoms with Gasteiger partial charge in [-0.25, -0.2) is 4.39 Å². The second-order valence-electron chi connectivity index (χ2n) is 6.51. The lowest BCUT2D eigenvalue weighted by Gasteiger charge is -2.36. The third-order valence-corrected chi connectivity index (χ3v) is 4.87. The van der Waals surface area contributed by atoms with E-state index in [0.717, 1.165) is 18.7 Å². The van der Waals surface area contributed by atoms with E-state index in [0.29, 0.717) is 12.1 Å². The van der Waals surface area contributed by atoms with Crippen molar-refractivity contribution in [3.8, 4) is 0 Å². The molecule has 2 saturated carbocycles. The van der Waals surface area contributed by atoms with Gasteiger partial charge < -0.3 is 10.2 Å². The first-order chi connectivity index (χ1) is 10.3. The minimum atomic E-state index is -0.119. The van der Waals surface area contributed by atoms with Gasteiger partial charge in [-0.15, -0.1) is 0 Å².